The number of carbonyl (C=O) groups is 3. The van der Waals surface area contributed by atoms with Crippen molar-refractivity contribution in [1.29, 1.82) is 0 Å². The molecule has 0 aromatic heterocycles. The second-order valence-corrected chi connectivity index (χ2v) is 8.47. The van der Waals surface area contributed by atoms with Crippen LogP contribution in [0.4, 0.5) is 10.5 Å². The minimum absolute atomic E-state index is 0.107. The molecular weight excluding hydrogens is 430 g/mol. The SMILES string of the molecule is CC(C)(C)OC(=O)NCCC(=O)Nc1cccc(CNC(=O)/C=C/c2ccc(Cl)cc2)c1. The average Bonchev–Trinajstić information content (AvgIpc) is 2.71. The summed E-state index contributed by atoms with van der Waals surface area (Å²) in [5, 5.41) is 8.76. The Morgan fingerprint density at radius 3 is 2.44 bits per heavy atom. The van der Waals surface area contributed by atoms with E-state index in [1.54, 1.807) is 57.2 Å². The Kier molecular flexibility index (Phi) is 9.28. The molecule has 0 saturated carbocycles. The zero-order valence-corrected chi connectivity index (χ0v) is 19.2. The first-order chi connectivity index (χ1) is 15.1. The van der Waals surface area contributed by atoms with Crippen LogP contribution in [0.5, 0.6) is 0 Å². The summed E-state index contributed by atoms with van der Waals surface area (Å²) in [7, 11) is 0. The first-order valence-electron chi connectivity index (χ1n) is 10.2. The van der Waals surface area contributed by atoms with Crippen LogP contribution in [0, 0.1) is 0 Å². The monoisotopic (exact) mass is 457 g/mol. The lowest BCUT2D eigenvalue weighted by atomic mass is 10.2. The molecule has 2 aromatic carbocycles. The van der Waals surface area contributed by atoms with Crippen LogP contribution >= 0.6 is 11.6 Å². The van der Waals surface area contributed by atoms with Crippen molar-refractivity contribution in [3.8, 4) is 0 Å². The molecule has 0 bridgehead atoms. The Hall–Kier alpha value is -3.32. The highest BCUT2D eigenvalue weighted by molar-refractivity contribution is 6.30. The number of rotatable bonds is 8. The third-order valence-corrected chi connectivity index (χ3v) is 4.25. The summed E-state index contributed by atoms with van der Waals surface area (Å²) in [6, 6.07) is 14.3. The van der Waals surface area contributed by atoms with Gasteiger partial charge in [-0.1, -0.05) is 35.9 Å². The van der Waals surface area contributed by atoms with E-state index in [0.717, 1.165) is 11.1 Å². The molecule has 7 nitrogen and oxygen atoms in total. The van der Waals surface area contributed by atoms with Crippen LogP contribution in [0.1, 0.15) is 38.3 Å². The van der Waals surface area contributed by atoms with Gasteiger partial charge in [0.15, 0.2) is 0 Å². The molecule has 8 heteroatoms. The summed E-state index contributed by atoms with van der Waals surface area (Å²) in [5.41, 5.74) is 1.72. The van der Waals surface area contributed by atoms with Crippen LogP contribution in [-0.2, 0) is 20.9 Å². The predicted molar refractivity (Wildman–Crippen MR) is 126 cm³/mol. The van der Waals surface area contributed by atoms with Gasteiger partial charge in [0.1, 0.15) is 5.60 Å². The van der Waals surface area contributed by atoms with E-state index in [1.807, 2.05) is 18.2 Å². The molecule has 32 heavy (non-hydrogen) atoms. The summed E-state index contributed by atoms with van der Waals surface area (Å²) in [6.07, 6.45) is 2.70. The molecule has 3 amide bonds. The molecule has 0 unspecified atom stereocenters. The minimum Gasteiger partial charge on any atom is -0.444 e. The molecule has 0 aliphatic rings. The highest BCUT2D eigenvalue weighted by Gasteiger charge is 2.15. The number of halogens is 1. The van der Waals surface area contributed by atoms with E-state index in [0.29, 0.717) is 17.3 Å². The Bertz CT molecular complexity index is 966. The average molecular weight is 458 g/mol. The molecule has 0 aliphatic carbocycles. The fourth-order valence-corrected chi connectivity index (χ4v) is 2.69. The number of amides is 3. The maximum Gasteiger partial charge on any atom is 0.407 e. The minimum atomic E-state index is -0.589. The third-order valence-electron chi connectivity index (χ3n) is 3.99. The highest BCUT2D eigenvalue weighted by atomic mass is 35.5. The zero-order valence-electron chi connectivity index (χ0n) is 18.4. The molecule has 0 aliphatic heterocycles. The number of benzene rings is 2. The second-order valence-electron chi connectivity index (χ2n) is 8.03. The van der Waals surface area contributed by atoms with Gasteiger partial charge in [-0.05, 0) is 62.2 Å². The standard InChI is InChI=1S/C24H28ClN3O4/c1-24(2,3)32-23(31)26-14-13-22(30)28-20-6-4-5-18(15-20)16-27-21(29)12-9-17-7-10-19(25)11-8-17/h4-12,15H,13-14,16H2,1-3H3,(H,26,31)(H,27,29)(H,28,30)/b12-9+. The largest absolute Gasteiger partial charge is 0.444 e. The molecule has 0 heterocycles. The van der Waals surface area contributed by atoms with Crippen LogP contribution in [0.2, 0.25) is 5.02 Å². The van der Waals surface area contributed by atoms with Crippen LogP contribution in [0.25, 0.3) is 6.08 Å². The third kappa shape index (κ3) is 10.1. The first-order valence-corrected chi connectivity index (χ1v) is 10.6. The quantitative estimate of drug-likeness (QED) is 0.507. The molecular formula is C24H28ClN3O4. The summed E-state index contributed by atoms with van der Waals surface area (Å²) >= 11 is 5.84. The Morgan fingerprint density at radius 2 is 1.75 bits per heavy atom. The smallest absolute Gasteiger partial charge is 0.407 e. The van der Waals surface area contributed by atoms with Gasteiger partial charge in [-0.25, -0.2) is 4.79 Å². The van der Waals surface area contributed by atoms with Gasteiger partial charge in [-0.2, -0.15) is 0 Å². The molecule has 2 rings (SSSR count). The number of ether oxygens (including phenoxy) is 1. The van der Waals surface area contributed by atoms with Gasteiger partial charge in [0.2, 0.25) is 11.8 Å². The fraction of sp³-hybridized carbons (Fsp3) is 0.292. The maximum atomic E-state index is 12.1. The lowest BCUT2D eigenvalue weighted by molar-refractivity contribution is -0.117. The van der Waals surface area contributed by atoms with E-state index in [9.17, 15) is 14.4 Å². The van der Waals surface area contributed by atoms with Crippen LogP contribution in [-0.4, -0.2) is 30.1 Å². The predicted octanol–water partition coefficient (Wildman–Crippen LogP) is 4.52. The Balaban J connectivity index is 1.76. The van der Waals surface area contributed by atoms with Gasteiger partial charge >= 0.3 is 6.09 Å². The highest BCUT2D eigenvalue weighted by Crippen LogP contribution is 2.12. The molecule has 0 atom stereocenters. The zero-order chi connectivity index (χ0) is 23.6. The first kappa shape index (κ1) is 24.9. The normalized spacial score (nSPS) is 11.1. The van der Waals surface area contributed by atoms with Gasteiger partial charge in [0, 0.05) is 36.3 Å². The van der Waals surface area contributed by atoms with Crippen LogP contribution in [0.15, 0.2) is 54.6 Å². The van der Waals surface area contributed by atoms with E-state index in [2.05, 4.69) is 16.0 Å². The number of carbonyl (C=O) groups excluding carboxylic acids is 3. The second kappa shape index (κ2) is 11.9. The lowest BCUT2D eigenvalue weighted by Crippen LogP contribution is -2.34. The van der Waals surface area contributed by atoms with Crippen molar-refractivity contribution < 1.29 is 19.1 Å². The molecule has 170 valence electrons. The molecule has 0 radical (unpaired) electrons. The number of hydrogen-bond donors (Lipinski definition) is 3. The van der Waals surface area contributed by atoms with Crippen LogP contribution < -0.4 is 16.0 Å². The number of hydrogen-bond acceptors (Lipinski definition) is 4. The van der Waals surface area contributed by atoms with E-state index in [4.69, 9.17) is 16.3 Å². The van der Waals surface area contributed by atoms with E-state index >= 15 is 0 Å². The van der Waals surface area contributed by atoms with Gasteiger partial charge in [0.25, 0.3) is 0 Å². The van der Waals surface area contributed by atoms with Crippen molar-refractivity contribution >= 4 is 41.3 Å². The molecule has 0 fully saturated rings. The van der Waals surface area contributed by atoms with Crippen molar-refractivity contribution in [1.82, 2.24) is 10.6 Å². The number of nitrogens with one attached hydrogen (secondary N) is 3. The topological polar surface area (TPSA) is 96.5 Å². The summed E-state index contributed by atoms with van der Waals surface area (Å²) in [4.78, 5) is 35.7. The van der Waals surface area contributed by atoms with Gasteiger partial charge < -0.3 is 20.7 Å². The summed E-state index contributed by atoms with van der Waals surface area (Å²) in [6.45, 7) is 5.78. The lowest BCUT2D eigenvalue weighted by Gasteiger charge is -2.19. The van der Waals surface area contributed by atoms with E-state index < -0.39 is 11.7 Å². The van der Waals surface area contributed by atoms with Gasteiger partial charge in [-0.3, -0.25) is 9.59 Å². The molecule has 3 N–H and O–H groups in total. The van der Waals surface area contributed by atoms with Crippen molar-refractivity contribution in [3.63, 3.8) is 0 Å². The Labute approximate surface area is 193 Å². The van der Waals surface area contributed by atoms with Gasteiger partial charge in [-0.15, -0.1) is 0 Å². The molecule has 0 spiro atoms. The van der Waals surface area contributed by atoms with Gasteiger partial charge in [0.05, 0.1) is 0 Å². The number of alkyl carbamates (subject to hydrolysis) is 1. The fourth-order valence-electron chi connectivity index (χ4n) is 2.57. The van der Waals surface area contributed by atoms with E-state index in [-0.39, 0.29) is 24.8 Å². The van der Waals surface area contributed by atoms with Crippen molar-refractivity contribution in [3.05, 3.63) is 70.8 Å². The van der Waals surface area contributed by atoms with Crippen molar-refractivity contribution in [2.24, 2.45) is 0 Å². The number of anilines is 1. The van der Waals surface area contributed by atoms with Crippen molar-refractivity contribution in [2.45, 2.75) is 39.3 Å². The summed E-state index contributed by atoms with van der Waals surface area (Å²) in [5.74, 6) is -0.476. The molecule has 2 aromatic rings. The van der Waals surface area contributed by atoms with Crippen LogP contribution in [0.3, 0.4) is 0 Å². The van der Waals surface area contributed by atoms with E-state index in [1.165, 1.54) is 6.08 Å². The van der Waals surface area contributed by atoms with Crippen molar-refractivity contribution in [2.75, 3.05) is 11.9 Å². The Morgan fingerprint density at radius 1 is 1.03 bits per heavy atom. The summed E-state index contributed by atoms with van der Waals surface area (Å²) < 4.78 is 5.12. The maximum absolute atomic E-state index is 12.1. The molecule has 0 saturated heterocycles.